The molecule has 112 valence electrons. The SMILES string of the molecule is CC(C)(C)OC(=O)N[C@@H](c1ccc(Cl)cc1)c1cccs1. The first-order chi connectivity index (χ1) is 9.85. The first-order valence-corrected chi connectivity index (χ1v) is 7.89. The lowest BCUT2D eigenvalue weighted by molar-refractivity contribution is 0.0513. The number of hydrogen-bond acceptors (Lipinski definition) is 3. The second-order valence-electron chi connectivity index (χ2n) is 5.65. The molecule has 5 heteroatoms. The minimum atomic E-state index is -0.524. The highest BCUT2D eigenvalue weighted by molar-refractivity contribution is 7.10. The zero-order valence-electron chi connectivity index (χ0n) is 12.2. The molecule has 1 amide bonds. The fraction of sp³-hybridized carbons (Fsp3) is 0.312. The molecule has 0 saturated carbocycles. The Kier molecular flexibility index (Phi) is 4.91. The van der Waals surface area contributed by atoms with Gasteiger partial charge in [0.2, 0.25) is 0 Å². The van der Waals surface area contributed by atoms with Crippen LogP contribution in [-0.4, -0.2) is 11.7 Å². The Hall–Kier alpha value is -1.52. The van der Waals surface area contributed by atoms with Crippen LogP contribution < -0.4 is 5.32 Å². The third-order valence-electron chi connectivity index (χ3n) is 2.69. The summed E-state index contributed by atoms with van der Waals surface area (Å²) in [5.41, 5.74) is 0.442. The molecule has 1 heterocycles. The van der Waals surface area contributed by atoms with Crippen molar-refractivity contribution in [1.29, 1.82) is 0 Å². The van der Waals surface area contributed by atoms with E-state index in [9.17, 15) is 4.79 Å². The molecule has 0 unspecified atom stereocenters. The van der Waals surface area contributed by atoms with E-state index in [4.69, 9.17) is 16.3 Å². The monoisotopic (exact) mass is 323 g/mol. The molecule has 2 rings (SSSR count). The van der Waals surface area contributed by atoms with Gasteiger partial charge in [-0.25, -0.2) is 4.79 Å². The number of nitrogens with one attached hydrogen (secondary N) is 1. The molecule has 0 saturated heterocycles. The number of thiophene rings is 1. The van der Waals surface area contributed by atoms with Gasteiger partial charge in [-0.1, -0.05) is 29.8 Å². The van der Waals surface area contributed by atoms with Crippen molar-refractivity contribution in [2.24, 2.45) is 0 Å². The van der Waals surface area contributed by atoms with Crippen LogP contribution in [0.3, 0.4) is 0 Å². The smallest absolute Gasteiger partial charge is 0.408 e. The Morgan fingerprint density at radius 2 is 1.90 bits per heavy atom. The molecule has 2 aromatic rings. The van der Waals surface area contributed by atoms with E-state index in [0.29, 0.717) is 5.02 Å². The normalized spacial score (nSPS) is 12.8. The summed E-state index contributed by atoms with van der Waals surface area (Å²) in [5.74, 6) is 0. The van der Waals surface area contributed by atoms with E-state index >= 15 is 0 Å². The van der Waals surface area contributed by atoms with Gasteiger partial charge >= 0.3 is 6.09 Å². The average Bonchev–Trinajstić information content (AvgIpc) is 2.88. The standard InChI is InChI=1S/C16H18ClNO2S/c1-16(2,3)20-15(19)18-14(13-5-4-10-21-13)11-6-8-12(17)9-7-11/h4-10,14H,1-3H3,(H,18,19)/t14-/m0/s1. The second-order valence-corrected chi connectivity index (χ2v) is 7.06. The van der Waals surface area contributed by atoms with Crippen molar-refractivity contribution in [1.82, 2.24) is 5.32 Å². The molecular weight excluding hydrogens is 306 g/mol. The van der Waals surface area contributed by atoms with Crippen LogP contribution in [0, 0.1) is 0 Å². The van der Waals surface area contributed by atoms with Gasteiger partial charge in [-0.15, -0.1) is 11.3 Å². The van der Waals surface area contributed by atoms with Crippen LogP contribution in [0.1, 0.15) is 37.3 Å². The van der Waals surface area contributed by atoms with E-state index in [0.717, 1.165) is 10.4 Å². The molecule has 0 aliphatic rings. The molecule has 3 nitrogen and oxygen atoms in total. The minimum Gasteiger partial charge on any atom is -0.444 e. The maximum absolute atomic E-state index is 12.0. The molecule has 0 radical (unpaired) electrons. The van der Waals surface area contributed by atoms with Crippen molar-refractivity contribution in [2.45, 2.75) is 32.4 Å². The highest BCUT2D eigenvalue weighted by atomic mass is 35.5. The summed E-state index contributed by atoms with van der Waals surface area (Å²) in [6, 6.07) is 11.1. The largest absolute Gasteiger partial charge is 0.444 e. The van der Waals surface area contributed by atoms with Gasteiger partial charge in [0.05, 0.1) is 6.04 Å². The van der Waals surface area contributed by atoms with Crippen LogP contribution in [0.5, 0.6) is 0 Å². The van der Waals surface area contributed by atoms with E-state index in [1.54, 1.807) is 11.3 Å². The number of carbonyl (C=O) groups is 1. The van der Waals surface area contributed by atoms with E-state index in [1.165, 1.54) is 0 Å². The Labute approximate surface area is 133 Å². The summed E-state index contributed by atoms with van der Waals surface area (Å²) in [4.78, 5) is 13.1. The van der Waals surface area contributed by atoms with Crippen LogP contribution >= 0.6 is 22.9 Å². The topological polar surface area (TPSA) is 38.3 Å². The molecule has 0 aliphatic heterocycles. The summed E-state index contributed by atoms with van der Waals surface area (Å²) in [6.07, 6.45) is -0.434. The predicted molar refractivity (Wildman–Crippen MR) is 87.0 cm³/mol. The van der Waals surface area contributed by atoms with Crippen LogP contribution in [0.4, 0.5) is 4.79 Å². The number of benzene rings is 1. The van der Waals surface area contributed by atoms with Crippen LogP contribution in [-0.2, 0) is 4.74 Å². The summed E-state index contributed by atoms with van der Waals surface area (Å²) >= 11 is 7.51. The third-order valence-corrected chi connectivity index (χ3v) is 3.88. The van der Waals surface area contributed by atoms with E-state index in [-0.39, 0.29) is 6.04 Å². The predicted octanol–water partition coefficient (Wildman–Crippen LogP) is 5.02. The molecule has 1 aromatic heterocycles. The zero-order valence-corrected chi connectivity index (χ0v) is 13.8. The van der Waals surface area contributed by atoms with Gasteiger partial charge in [-0.05, 0) is 49.9 Å². The summed E-state index contributed by atoms with van der Waals surface area (Å²) < 4.78 is 5.34. The van der Waals surface area contributed by atoms with Gasteiger partial charge in [0, 0.05) is 9.90 Å². The lowest BCUT2D eigenvalue weighted by Crippen LogP contribution is -2.35. The maximum Gasteiger partial charge on any atom is 0.408 e. The average molecular weight is 324 g/mol. The van der Waals surface area contributed by atoms with Gasteiger partial charge in [0.1, 0.15) is 5.60 Å². The van der Waals surface area contributed by atoms with E-state index in [1.807, 2.05) is 62.5 Å². The van der Waals surface area contributed by atoms with Crippen molar-refractivity contribution in [3.8, 4) is 0 Å². The molecule has 21 heavy (non-hydrogen) atoms. The number of alkyl carbamates (subject to hydrolysis) is 1. The van der Waals surface area contributed by atoms with Crippen LogP contribution in [0.2, 0.25) is 5.02 Å². The van der Waals surface area contributed by atoms with Crippen LogP contribution in [0.25, 0.3) is 0 Å². The number of carbonyl (C=O) groups excluding carboxylic acids is 1. The number of rotatable bonds is 3. The first kappa shape index (κ1) is 15.9. The molecule has 1 atom stereocenters. The Morgan fingerprint density at radius 3 is 2.43 bits per heavy atom. The number of amides is 1. The number of hydrogen-bond donors (Lipinski definition) is 1. The van der Waals surface area contributed by atoms with Crippen molar-refractivity contribution in [2.75, 3.05) is 0 Å². The van der Waals surface area contributed by atoms with E-state index < -0.39 is 11.7 Å². The molecular formula is C16H18ClNO2S. The second kappa shape index (κ2) is 6.50. The molecule has 1 N–H and O–H groups in total. The Morgan fingerprint density at radius 1 is 1.24 bits per heavy atom. The highest BCUT2D eigenvalue weighted by Gasteiger charge is 2.22. The molecule has 1 aromatic carbocycles. The summed E-state index contributed by atoms with van der Waals surface area (Å²) in [6.45, 7) is 5.53. The third kappa shape index (κ3) is 4.76. The van der Waals surface area contributed by atoms with Crippen molar-refractivity contribution in [3.63, 3.8) is 0 Å². The van der Waals surface area contributed by atoms with Crippen molar-refractivity contribution >= 4 is 29.0 Å². The van der Waals surface area contributed by atoms with Gasteiger partial charge in [-0.3, -0.25) is 0 Å². The fourth-order valence-corrected chi connectivity index (χ4v) is 2.78. The van der Waals surface area contributed by atoms with E-state index in [2.05, 4.69) is 5.32 Å². The lowest BCUT2D eigenvalue weighted by atomic mass is 10.1. The number of halogens is 1. The fourth-order valence-electron chi connectivity index (χ4n) is 1.85. The minimum absolute atomic E-state index is 0.239. The molecule has 0 fully saturated rings. The molecule has 0 spiro atoms. The van der Waals surface area contributed by atoms with Gasteiger partial charge < -0.3 is 10.1 Å². The van der Waals surface area contributed by atoms with Gasteiger partial charge in [0.25, 0.3) is 0 Å². The Bertz CT molecular complexity index is 588. The Balaban J connectivity index is 2.22. The quantitative estimate of drug-likeness (QED) is 0.861. The maximum atomic E-state index is 12.0. The molecule has 0 aliphatic carbocycles. The zero-order chi connectivity index (χ0) is 15.5. The first-order valence-electron chi connectivity index (χ1n) is 6.63. The van der Waals surface area contributed by atoms with Crippen molar-refractivity contribution < 1.29 is 9.53 Å². The summed E-state index contributed by atoms with van der Waals surface area (Å²) in [7, 11) is 0. The molecule has 0 bridgehead atoms. The van der Waals surface area contributed by atoms with Crippen LogP contribution in [0.15, 0.2) is 41.8 Å². The number of ether oxygens (including phenoxy) is 1. The summed E-state index contributed by atoms with van der Waals surface area (Å²) in [5, 5.41) is 5.57. The van der Waals surface area contributed by atoms with Crippen molar-refractivity contribution in [3.05, 3.63) is 57.2 Å². The van der Waals surface area contributed by atoms with Gasteiger partial charge in [0.15, 0.2) is 0 Å². The highest BCUT2D eigenvalue weighted by Crippen LogP contribution is 2.27. The van der Waals surface area contributed by atoms with Gasteiger partial charge in [-0.2, -0.15) is 0 Å². The lowest BCUT2D eigenvalue weighted by Gasteiger charge is -2.23.